The summed E-state index contributed by atoms with van der Waals surface area (Å²) in [7, 11) is 3.99. The second-order valence-corrected chi connectivity index (χ2v) is 4.95. The van der Waals surface area contributed by atoms with Gasteiger partial charge >= 0.3 is 0 Å². The normalized spacial score (nSPS) is 17.6. The summed E-state index contributed by atoms with van der Waals surface area (Å²) in [6.45, 7) is 0.727. The van der Waals surface area contributed by atoms with Crippen molar-refractivity contribution in [3.05, 3.63) is 28.8 Å². The Bertz CT molecular complexity index is 370. The van der Waals surface area contributed by atoms with Crippen molar-refractivity contribution in [3.8, 4) is 0 Å². The first-order valence-electron chi connectivity index (χ1n) is 5.26. The molecule has 0 unspecified atom stereocenters. The predicted molar refractivity (Wildman–Crippen MR) is 65.7 cm³/mol. The molecule has 0 spiro atoms. The predicted octanol–water partition coefficient (Wildman–Crippen LogP) is 2.40. The van der Waals surface area contributed by atoms with Crippen molar-refractivity contribution in [2.75, 3.05) is 25.5 Å². The van der Waals surface area contributed by atoms with Crippen LogP contribution in [0, 0.1) is 0 Å². The Labute approximate surface area is 96.0 Å². The minimum absolute atomic E-state index is 0.231. The summed E-state index contributed by atoms with van der Waals surface area (Å²) in [5, 5.41) is 0.817. The molecule has 2 rings (SSSR count). The Kier molecular flexibility index (Phi) is 2.65. The van der Waals surface area contributed by atoms with Crippen LogP contribution in [0.1, 0.15) is 18.4 Å². The van der Waals surface area contributed by atoms with Crippen molar-refractivity contribution < 1.29 is 0 Å². The highest BCUT2D eigenvalue weighted by Gasteiger charge is 2.42. The van der Waals surface area contributed by atoms with E-state index in [-0.39, 0.29) is 5.41 Å². The Balaban J connectivity index is 2.34. The number of anilines is 1. The van der Waals surface area contributed by atoms with Crippen molar-refractivity contribution in [3.63, 3.8) is 0 Å². The number of benzene rings is 1. The van der Waals surface area contributed by atoms with Gasteiger partial charge in [-0.3, -0.25) is 0 Å². The summed E-state index contributed by atoms with van der Waals surface area (Å²) < 4.78 is 0. The Hall–Kier alpha value is -0.730. The molecule has 1 aromatic carbocycles. The van der Waals surface area contributed by atoms with Gasteiger partial charge in [0.2, 0.25) is 0 Å². The summed E-state index contributed by atoms with van der Waals surface area (Å²) in [5.74, 6) is 0. The van der Waals surface area contributed by atoms with Crippen LogP contribution < -0.4 is 10.6 Å². The molecule has 3 heteroatoms. The van der Waals surface area contributed by atoms with Crippen molar-refractivity contribution in [2.45, 2.75) is 18.3 Å². The molecule has 0 radical (unpaired) electrons. The van der Waals surface area contributed by atoms with Crippen LogP contribution in [0.3, 0.4) is 0 Å². The summed E-state index contributed by atoms with van der Waals surface area (Å²) in [4.78, 5) is 2.02. The second-order valence-electron chi connectivity index (χ2n) is 4.55. The van der Waals surface area contributed by atoms with E-state index in [1.807, 2.05) is 19.0 Å². The minimum atomic E-state index is 0.231. The van der Waals surface area contributed by atoms with Crippen LogP contribution in [0.2, 0.25) is 5.02 Å². The molecule has 1 aromatic rings. The number of nitrogens with zero attached hydrogens (tertiary/aromatic N) is 1. The molecule has 15 heavy (non-hydrogen) atoms. The maximum absolute atomic E-state index is 6.23. The Morgan fingerprint density at radius 1 is 1.40 bits per heavy atom. The maximum Gasteiger partial charge on any atom is 0.0642 e. The van der Waals surface area contributed by atoms with Gasteiger partial charge in [0.25, 0.3) is 0 Å². The maximum atomic E-state index is 6.23. The van der Waals surface area contributed by atoms with E-state index in [0.717, 1.165) is 17.3 Å². The molecule has 1 fully saturated rings. The van der Waals surface area contributed by atoms with E-state index in [4.69, 9.17) is 17.3 Å². The zero-order valence-electron chi connectivity index (χ0n) is 9.26. The smallest absolute Gasteiger partial charge is 0.0642 e. The lowest BCUT2D eigenvalue weighted by atomic mass is 9.96. The van der Waals surface area contributed by atoms with Gasteiger partial charge < -0.3 is 10.6 Å². The molecule has 0 aromatic heterocycles. The second kappa shape index (κ2) is 3.69. The third-order valence-electron chi connectivity index (χ3n) is 3.29. The van der Waals surface area contributed by atoms with Gasteiger partial charge in [0.1, 0.15) is 0 Å². The van der Waals surface area contributed by atoms with E-state index in [1.54, 1.807) is 0 Å². The lowest BCUT2D eigenvalue weighted by molar-refractivity contribution is 0.705. The van der Waals surface area contributed by atoms with E-state index in [9.17, 15) is 0 Å². The number of rotatable bonds is 3. The van der Waals surface area contributed by atoms with E-state index in [1.165, 1.54) is 18.4 Å². The van der Waals surface area contributed by atoms with Crippen LogP contribution in [0.25, 0.3) is 0 Å². The van der Waals surface area contributed by atoms with Crippen molar-refractivity contribution in [2.24, 2.45) is 5.73 Å². The number of halogens is 1. The lowest BCUT2D eigenvalue weighted by Crippen LogP contribution is -2.20. The van der Waals surface area contributed by atoms with E-state index in [0.29, 0.717) is 0 Å². The van der Waals surface area contributed by atoms with Crippen LogP contribution in [0.4, 0.5) is 5.69 Å². The monoisotopic (exact) mass is 224 g/mol. The van der Waals surface area contributed by atoms with Crippen molar-refractivity contribution in [1.82, 2.24) is 0 Å². The molecule has 2 nitrogen and oxygen atoms in total. The molecule has 1 aliphatic rings. The molecule has 82 valence electrons. The number of nitrogens with two attached hydrogens (primary N) is 1. The lowest BCUT2D eigenvalue weighted by Gasteiger charge is -2.18. The van der Waals surface area contributed by atoms with Crippen LogP contribution in [0.15, 0.2) is 18.2 Å². The fraction of sp³-hybridized carbons (Fsp3) is 0.500. The molecule has 0 amide bonds. The van der Waals surface area contributed by atoms with Gasteiger partial charge in [-0.15, -0.1) is 0 Å². The molecule has 0 heterocycles. The standard InChI is InChI=1S/C12H17ClN2/c1-15(2)11-4-3-9(7-10(11)13)12(8-14)5-6-12/h3-4,7H,5-6,8,14H2,1-2H3. The number of hydrogen-bond acceptors (Lipinski definition) is 2. The highest BCUT2D eigenvalue weighted by molar-refractivity contribution is 6.33. The number of hydrogen-bond donors (Lipinski definition) is 1. The fourth-order valence-corrected chi connectivity index (χ4v) is 2.31. The first-order valence-corrected chi connectivity index (χ1v) is 5.64. The van der Waals surface area contributed by atoms with Gasteiger partial charge in [0.15, 0.2) is 0 Å². The SMILES string of the molecule is CN(C)c1ccc(C2(CN)CC2)cc1Cl. The third-order valence-corrected chi connectivity index (χ3v) is 3.59. The largest absolute Gasteiger partial charge is 0.376 e. The summed E-state index contributed by atoms with van der Waals surface area (Å²) >= 11 is 6.23. The molecule has 0 aliphatic heterocycles. The van der Waals surface area contributed by atoms with Gasteiger partial charge in [-0.1, -0.05) is 17.7 Å². The summed E-state index contributed by atoms with van der Waals surface area (Å²) in [5.41, 5.74) is 8.38. The zero-order chi connectivity index (χ0) is 11.1. The third kappa shape index (κ3) is 1.84. The van der Waals surface area contributed by atoms with Gasteiger partial charge in [-0.2, -0.15) is 0 Å². The van der Waals surface area contributed by atoms with E-state index < -0.39 is 0 Å². The van der Waals surface area contributed by atoms with Crippen LogP contribution in [0.5, 0.6) is 0 Å². The van der Waals surface area contributed by atoms with Gasteiger partial charge in [-0.05, 0) is 30.5 Å². The van der Waals surface area contributed by atoms with Crippen molar-refractivity contribution in [1.29, 1.82) is 0 Å². The minimum Gasteiger partial charge on any atom is -0.376 e. The molecular weight excluding hydrogens is 208 g/mol. The zero-order valence-corrected chi connectivity index (χ0v) is 10.0. The fourth-order valence-electron chi connectivity index (χ4n) is 1.96. The van der Waals surface area contributed by atoms with Gasteiger partial charge in [-0.25, -0.2) is 0 Å². The molecule has 1 saturated carbocycles. The van der Waals surface area contributed by atoms with E-state index in [2.05, 4.69) is 18.2 Å². The average Bonchev–Trinajstić information content (AvgIpc) is 2.97. The summed E-state index contributed by atoms with van der Waals surface area (Å²) in [6, 6.07) is 6.30. The highest BCUT2D eigenvalue weighted by Crippen LogP contribution is 2.48. The first-order chi connectivity index (χ1) is 7.09. The average molecular weight is 225 g/mol. The molecule has 2 N–H and O–H groups in total. The highest BCUT2D eigenvalue weighted by atomic mass is 35.5. The molecular formula is C12H17ClN2. The first kappa shape index (κ1) is 10.8. The van der Waals surface area contributed by atoms with Gasteiger partial charge in [0.05, 0.1) is 10.7 Å². The topological polar surface area (TPSA) is 29.3 Å². The van der Waals surface area contributed by atoms with Crippen molar-refractivity contribution >= 4 is 17.3 Å². The van der Waals surface area contributed by atoms with Crippen LogP contribution >= 0.6 is 11.6 Å². The summed E-state index contributed by atoms with van der Waals surface area (Å²) in [6.07, 6.45) is 2.39. The van der Waals surface area contributed by atoms with Crippen LogP contribution in [-0.4, -0.2) is 20.6 Å². The molecule has 0 bridgehead atoms. The van der Waals surface area contributed by atoms with E-state index >= 15 is 0 Å². The molecule has 0 atom stereocenters. The van der Waals surface area contributed by atoms with Crippen LogP contribution in [-0.2, 0) is 5.41 Å². The quantitative estimate of drug-likeness (QED) is 0.855. The molecule has 0 saturated heterocycles. The Morgan fingerprint density at radius 3 is 2.47 bits per heavy atom. The molecule has 1 aliphatic carbocycles. The van der Waals surface area contributed by atoms with Gasteiger partial charge in [0, 0.05) is 26.1 Å². The Morgan fingerprint density at radius 2 is 2.07 bits per heavy atom.